The van der Waals surface area contributed by atoms with E-state index in [2.05, 4.69) is 23.8 Å². The van der Waals surface area contributed by atoms with E-state index >= 15 is 0 Å². The Balaban J connectivity index is 1.50. The summed E-state index contributed by atoms with van der Waals surface area (Å²) in [6, 6.07) is 0. The van der Waals surface area contributed by atoms with Crippen LogP contribution in [0.3, 0.4) is 0 Å². The highest BCUT2D eigenvalue weighted by atomic mass is 32.2. The predicted octanol–water partition coefficient (Wildman–Crippen LogP) is 4.08. The van der Waals surface area contributed by atoms with Gasteiger partial charge in [-0.15, -0.1) is 0 Å². The Morgan fingerprint density at radius 1 is 1.33 bits per heavy atom. The number of rotatable bonds is 9. The third kappa shape index (κ3) is 5.05. The fourth-order valence-electron chi connectivity index (χ4n) is 2.09. The summed E-state index contributed by atoms with van der Waals surface area (Å²) >= 11 is 1.63. The molecule has 2 unspecified atom stereocenters. The van der Waals surface area contributed by atoms with Crippen molar-refractivity contribution in [2.45, 2.75) is 63.5 Å². The Kier molecular flexibility index (Phi) is 5.61. The largest absolute Gasteiger partial charge is 0.300 e. The Hall–Kier alpha value is -0.440. The lowest BCUT2D eigenvalue weighted by Crippen LogP contribution is -2.19. The van der Waals surface area contributed by atoms with Crippen molar-refractivity contribution in [3.8, 4) is 0 Å². The lowest BCUT2D eigenvalue weighted by molar-refractivity contribution is -0.120. The molecule has 18 heavy (non-hydrogen) atoms. The van der Waals surface area contributed by atoms with Gasteiger partial charge >= 0.3 is 0 Å². The Bertz CT molecular complexity index is 299. The average Bonchev–Trinajstić information content (AvgIpc) is 3.25. The molecule has 2 aliphatic rings. The zero-order valence-electron chi connectivity index (χ0n) is 11.4. The fourth-order valence-corrected chi connectivity index (χ4v) is 2.90. The molecule has 0 radical (unpaired) electrons. The van der Waals surface area contributed by atoms with Gasteiger partial charge in [0.1, 0.15) is 0 Å². The molecule has 102 valence electrons. The van der Waals surface area contributed by atoms with Gasteiger partial charge < -0.3 is 0 Å². The van der Waals surface area contributed by atoms with Crippen LogP contribution in [0.1, 0.15) is 58.3 Å². The smallest absolute Gasteiger partial charge is 0.233 e. The molecule has 1 amide bonds. The van der Waals surface area contributed by atoms with Crippen molar-refractivity contribution in [3.63, 3.8) is 0 Å². The monoisotopic (exact) mass is 267 g/mol. The Labute approximate surface area is 115 Å². The third-order valence-electron chi connectivity index (χ3n) is 3.63. The highest BCUT2D eigenvalue weighted by Crippen LogP contribution is 2.41. The van der Waals surface area contributed by atoms with Gasteiger partial charge in [0.25, 0.3) is 0 Å². The molecule has 0 aliphatic heterocycles. The molecule has 0 heterocycles. The molecule has 2 aliphatic carbocycles. The van der Waals surface area contributed by atoms with Gasteiger partial charge in [0.05, 0.1) is 0 Å². The number of unbranched alkanes of at least 4 members (excludes halogenated alkanes) is 4. The summed E-state index contributed by atoms with van der Waals surface area (Å²) in [6.07, 6.45) is 14.6. The molecule has 2 atom stereocenters. The fraction of sp³-hybridized carbons (Fsp3) is 0.800. The van der Waals surface area contributed by atoms with Crippen LogP contribution in [0.4, 0.5) is 0 Å². The first-order valence-electron chi connectivity index (χ1n) is 7.43. The maximum Gasteiger partial charge on any atom is 0.233 e. The maximum absolute atomic E-state index is 11.8. The van der Waals surface area contributed by atoms with E-state index in [9.17, 15) is 4.79 Å². The van der Waals surface area contributed by atoms with E-state index in [1.165, 1.54) is 44.9 Å². The number of carbonyl (C=O) groups excluding carboxylic acids is 1. The number of hydrogen-bond donors (Lipinski definition) is 1. The van der Waals surface area contributed by atoms with Crippen LogP contribution in [-0.2, 0) is 4.79 Å². The first kappa shape index (κ1) is 14.0. The zero-order valence-corrected chi connectivity index (χ0v) is 12.2. The first-order chi connectivity index (χ1) is 8.81. The van der Waals surface area contributed by atoms with Crippen LogP contribution >= 0.6 is 11.9 Å². The van der Waals surface area contributed by atoms with Gasteiger partial charge in [-0.2, -0.15) is 0 Å². The van der Waals surface area contributed by atoms with E-state index in [4.69, 9.17) is 0 Å². The van der Waals surface area contributed by atoms with Crippen LogP contribution in [0.2, 0.25) is 0 Å². The first-order valence-corrected chi connectivity index (χ1v) is 8.31. The van der Waals surface area contributed by atoms with Gasteiger partial charge in [-0.05, 0) is 50.0 Å². The normalized spacial score (nSPS) is 26.5. The minimum Gasteiger partial charge on any atom is -0.300 e. The van der Waals surface area contributed by atoms with Crippen LogP contribution in [0.15, 0.2) is 12.2 Å². The van der Waals surface area contributed by atoms with Gasteiger partial charge in [0.2, 0.25) is 5.91 Å². The molecular formula is C15H25NOS. The van der Waals surface area contributed by atoms with Crippen molar-refractivity contribution in [2.24, 2.45) is 11.8 Å². The quantitative estimate of drug-likeness (QED) is 0.387. The van der Waals surface area contributed by atoms with Crippen molar-refractivity contribution in [1.29, 1.82) is 0 Å². The minimum atomic E-state index is 0.257. The summed E-state index contributed by atoms with van der Waals surface area (Å²) in [6.45, 7) is 2.24. The summed E-state index contributed by atoms with van der Waals surface area (Å²) in [4.78, 5) is 11.8. The van der Waals surface area contributed by atoms with Crippen molar-refractivity contribution >= 4 is 17.9 Å². The lowest BCUT2D eigenvalue weighted by Gasteiger charge is -2.00. The van der Waals surface area contributed by atoms with Crippen molar-refractivity contribution in [1.82, 2.24) is 4.72 Å². The maximum atomic E-state index is 11.8. The summed E-state index contributed by atoms with van der Waals surface area (Å²) in [7, 11) is 0. The van der Waals surface area contributed by atoms with Crippen molar-refractivity contribution < 1.29 is 4.79 Å². The second kappa shape index (κ2) is 7.22. The second-order valence-corrected chi connectivity index (χ2v) is 6.67. The molecule has 3 heteroatoms. The van der Waals surface area contributed by atoms with Gasteiger partial charge in [-0.25, -0.2) is 0 Å². The molecule has 2 nitrogen and oxygen atoms in total. The number of amides is 1. The van der Waals surface area contributed by atoms with Crippen LogP contribution in [-0.4, -0.2) is 11.2 Å². The standard InChI is InChI=1S/C15H25NOS/c1-2-3-4-5-6-7-8-12-11-14(12)15(17)16-18-13-9-10-13/h7-8,12-14H,2-6,9-11H2,1H3,(H,16,17)/b8-7-. The van der Waals surface area contributed by atoms with Crippen molar-refractivity contribution in [3.05, 3.63) is 12.2 Å². The third-order valence-corrected chi connectivity index (χ3v) is 4.76. The van der Waals surface area contributed by atoms with E-state index in [1.54, 1.807) is 11.9 Å². The van der Waals surface area contributed by atoms with Gasteiger partial charge in [0, 0.05) is 11.2 Å². The Morgan fingerprint density at radius 3 is 2.89 bits per heavy atom. The summed E-state index contributed by atoms with van der Waals surface area (Å²) in [5.74, 6) is 1.05. The highest BCUT2D eigenvalue weighted by molar-refractivity contribution is 7.98. The second-order valence-electron chi connectivity index (χ2n) is 5.57. The number of hydrogen-bond acceptors (Lipinski definition) is 2. The predicted molar refractivity (Wildman–Crippen MR) is 78.3 cm³/mol. The van der Waals surface area contributed by atoms with Crippen LogP contribution in [0.25, 0.3) is 0 Å². The molecule has 0 spiro atoms. The lowest BCUT2D eigenvalue weighted by atomic mass is 10.1. The van der Waals surface area contributed by atoms with Gasteiger partial charge in [-0.3, -0.25) is 9.52 Å². The zero-order chi connectivity index (χ0) is 12.8. The molecule has 1 N–H and O–H groups in total. The molecule has 0 aromatic heterocycles. The van der Waals surface area contributed by atoms with E-state index in [1.807, 2.05) is 0 Å². The SMILES string of the molecule is CCCCCC/C=C\C1CC1C(=O)NSC1CC1. The number of carbonyl (C=O) groups is 1. The van der Waals surface area contributed by atoms with Crippen LogP contribution < -0.4 is 4.72 Å². The van der Waals surface area contributed by atoms with Gasteiger partial charge in [0.15, 0.2) is 0 Å². The molecule has 0 aromatic rings. The highest BCUT2D eigenvalue weighted by Gasteiger charge is 2.41. The average molecular weight is 267 g/mol. The Morgan fingerprint density at radius 2 is 2.17 bits per heavy atom. The topological polar surface area (TPSA) is 29.1 Å². The molecule has 0 aromatic carbocycles. The van der Waals surface area contributed by atoms with Crippen LogP contribution in [0.5, 0.6) is 0 Å². The minimum absolute atomic E-state index is 0.257. The number of nitrogens with one attached hydrogen (secondary N) is 1. The molecular weight excluding hydrogens is 242 g/mol. The van der Waals surface area contributed by atoms with E-state index < -0.39 is 0 Å². The molecule has 2 saturated carbocycles. The molecule has 2 rings (SSSR count). The molecule has 0 bridgehead atoms. The van der Waals surface area contributed by atoms with Crippen molar-refractivity contribution in [2.75, 3.05) is 0 Å². The summed E-state index contributed by atoms with van der Waals surface area (Å²) in [5, 5.41) is 0.709. The molecule has 0 saturated heterocycles. The molecule has 2 fully saturated rings. The van der Waals surface area contributed by atoms with Crippen LogP contribution in [0, 0.1) is 11.8 Å². The summed E-state index contributed by atoms with van der Waals surface area (Å²) in [5.41, 5.74) is 0. The summed E-state index contributed by atoms with van der Waals surface area (Å²) < 4.78 is 3.00. The number of allylic oxidation sites excluding steroid dienone is 2. The van der Waals surface area contributed by atoms with Gasteiger partial charge in [-0.1, -0.05) is 38.3 Å². The van der Waals surface area contributed by atoms with E-state index in [0.717, 1.165) is 6.42 Å². The van der Waals surface area contributed by atoms with E-state index in [-0.39, 0.29) is 11.8 Å². The van der Waals surface area contributed by atoms with E-state index in [0.29, 0.717) is 11.2 Å².